The van der Waals surface area contributed by atoms with Crippen molar-refractivity contribution in [2.24, 2.45) is 0 Å². The molecule has 6 heteroatoms. The van der Waals surface area contributed by atoms with Gasteiger partial charge in [-0.3, -0.25) is 19.0 Å². The standard InChI is InChI=1S/C17H16N4O2/c1-12-5-6-15-20-10-14(17(23)21(15)11-12)16(22)19-9-7-13-4-2-3-8-18-13/h2-6,8,10-11H,7,9H2,1H3,(H,19,22). The van der Waals surface area contributed by atoms with E-state index in [4.69, 9.17) is 0 Å². The smallest absolute Gasteiger partial charge is 0.270 e. The molecule has 6 nitrogen and oxygen atoms in total. The molecule has 0 atom stereocenters. The Balaban J connectivity index is 1.76. The van der Waals surface area contributed by atoms with Gasteiger partial charge in [0.2, 0.25) is 0 Å². The zero-order valence-corrected chi connectivity index (χ0v) is 12.7. The van der Waals surface area contributed by atoms with Crippen LogP contribution in [0.3, 0.4) is 0 Å². The van der Waals surface area contributed by atoms with Gasteiger partial charge in [-0.1, -0.05) is 12.1 Å². The number of fused-ring (bicyclic) bond motifs is 1. The van der Waals surface area contributed by atoms with Crippen LogP contribution in [-0.4, -0.2) is 26.8 Å². The van der Waals surface area contributed by atoms with Crippen molar-refractivity contribution in [3.63, 3.8) is 0 Å². The van der Waals surface area contributed by atoms with E-state index in [0.717, 1.165) is 11.3 Å². The molecule has 0 fully saturated rings. The first kappa shape index (κ1) is 14.9. The van der Waals surface area contributed by atoms with Gasteiger partial charge in [-0.05, 0) is 30.7 Å². The summed E-state index contributed by atoms with van der Waals surface area (Å²) in [6.45, 7) is 2.29. The molecule has 1 amide bonds. The van der Waals surface area contributed by atoms with Gasteiger partial charge in [0.15, 0.2) is 0 Å². The van der Waals surface area contributed by atoms with Crippen LogP contribution < -0.4 is 10.9 Å². The number of carbonyl (C=O) groups is 1. The van der Waals surface area contributed by atoms with Crippen molar-refractivity contribution in [2.75, 3.05) is 6.54 Å². The van der Waals surface area contributed by atoms with E-state index >= 15 is 0 Å². The Bertz CT molecular complexity index is 903. The predicted molar refractivity (Wildman–Crippen MR) is 86.5 cm³/mol. The number of aryl methyl sites for hydroxylation is 1. The van der Waals surface area contributed by atoms with Crippen LogP contribution in [0.2, 0.25) is 0 Å². The van der Waals surface area contributed by atoms with Gasteiger partial charge >= 0.3 is 0 Å². The molecule has 3 rings (SSSR count). The topological polar surface area (TPSA) is 76.4 Å². The summed E-state index contributed by atoms with van der Waals surface area (Å²) in [5.74, 6) is -0.422. The molecule has 116 valence electrons. The van der Waals surface area contributed by atoms with Gasteiger partial charge in [0, 0.05) is 37.3 Å². The molecule has 0 aliphatic carbocycles. The zero-order valence-electron chi connectivity index (χ0n) is 12.7. The highest BCUT2D eigenvalue weighted by Crippen LogP contribution is 2.02. The molecule has 3 aromatic heterocycles. The fourth-order valence-electron chi connectivity index (χ4n) is 2.28. The van der Waals surface area contributed by atoms with Crippen LogP contribution in [0.5, 0.6) is 0 Å². The Morgan fingerprint density at radius 1 is 1.22 bits per heavy atom. The Morgan fingerprint density at radius 2 is 2.09 bits per heavy atom. The van der Waals surface area contributed by atoms with Crippen molar-refractivity contribution in [1.82, 2.24) is 19.7 Å². The number of hydrogen-bond acceptors (Lipinski definition) is 4. The minimum Gasteiger partial charge on any atom is -0.351 e. The van der Waals surface area contributed by atoms with Crippen LogP contribution in [0, 0.1) is 6.92 Å². The molecule has 0 radical (unpaired) electrons. The number of rotatable bonds is 4. The van der Waals surface area contributed by atoms with Gasteiger partial charge in [0.05, 0.1) is 0 Å². The maximum Gasteiger partial charge on any atom is 0.270 e. The average molecular weight is 308 g/mol. The average Bonchev–Trinajstić information content (AvgIpc) is 2.56. The molecular formula is C17H16N4O2. The Labute approximate surface area is 132 Å². The van der Waals surface area contributed by atoms with Gasteiger partial charge in [-0.25, -0.2) is 4.98 Å². The molecule has 0 aromatic carbocycles. The second-order valence-electron chi connectivity index (χ2n) is 5.24. The summed E-state index contributed by atoms with van der Waals surface area (Å²) in [6, 6.07) is 9.24. The number of aromatic nitrogens is 3. The molecule has 3 heterocycles. The van der Waals surface area contributed by atoms with Crippen molar-refractivity contribution >= 4 is 11.6 Å². The molecule has 0 saturated heterocycles. The van der Waals surface area contributed by atoms with E-state index in [1.54, 1.807) is 18.5 Å². The first-order valence-electron chi connectivity index (χ1n) is 7.31. The Morgan fingerprint density at radius 3 is 2.87 bits per heavy atom. The van der Waals surface area contributed by atoms with Crippen LogP contribution >= 0.6 is 0 Å². The third-order valence-corrected chi connectivity index (χ3v) is 3.49. The number of hydrogen-bond donors (Lipinski definition) is 1. The normalized spacial score (nSPS) is 10.7. The van der Waals surface area contributed by atoms with Crippen molar-refractivity contribution in [3.8, 4) is 0 Å². The lowest BCUT2D eigenvalue weighted by Gasteiger charge is -2.06. The fourth-order valence-corrected chi connectivity index (χ4v) is 2.28. The lowest BCUT2D eigenvalue weighted by molar-refractivity contribution is 0.0952. The van der Waals surface area contributed by atoms with Crippen LogP contribution in [0.1, 0.15) is 21.6 Å². The summed E-state index contributed by atoms with van der Waals surface area (Å²) >= 11 is 0. The second kappa shape index (κ2) is 6.39. The Hall–Kier alpha value is -3.02. The lowest BCUT2D eigenvalue weighted by atomic mass is 10.2. The summed E-state index contributed by atoms with van der Waals surface area (Å²) < 4.78 is 1.39. The van der Waals surface area contributed by atoms with E-state index in [1.165, 1.54) is 10.6 Å². The summed E-state index contributed by atoms with van der Waals surface area (Å²) in [5.41, 5.74) is 2.00. The first-order valence-corrected chi connectivity index (χ1v) is 7.31. The third-order valence-electron chi connectivity index (χ3n) is 3.49. The summed E-state index contributed by atoms with van der Waals surface area (Å²) in [4.78, 5) is 33.0. The molecular weight excluding hydrogens is 292 g/mol. The molecule has 0 spiro atoms. The largest absolute Gasteiger partial charge is 0.351 e. The van der Waals surface area contributed by atoms with Gasteiger partial charge in [-0.2, -0.15) is 0 Å². The maximum absolute atomic E-state index is 12.4. The minimum absolute atomic E-state index is 0.0362. The van der Waals surface area contributed by atoms with E-state index in [9.17, 15) is 9.59 Å². The van der Waals surface area contributed by atoms with Gasteiger partial charge in [0.1, 0.15) is 11.2 Å². The monoisotopic (exact) mass is 308 g/mol. The van der Waals surface area contributed by atoms with Gasteiger partial charge < -0.3 is 5.32 Å². The lowest BCUT2D eigenvalue weighted by Crippen LogP contribution is -2.32. The third kappa shape index (κ3) is 3.26. The van der Waals surface area contributed by atoms with Gasteiger partial charge in [-0.15, -0.1) is 0 Å². The first-order chi connectivity index (χ1) is 11.1. The second-order valence-corrected chi connectivity index (χ2v) is 5.24. The summed E-state index contributed by atoms with van der Waals surface area (Å²) in [7, 11) is 0. The van der Waals surface area contributed by atoms with Crippen molar-refractivity contribution in [2.45, 2.75) is 13.3 Å². The molecule has 1 N–H and O–H groups in total. The van der Waals surface area contributed by atoms with E-state index in [2.05, 4.69) is 15.3 Å². The van der Waals surface area contributed by atoms with E-state index in [1.807, 2.05) is 31.2 Å². The number of nitrogens with one attached hydrogen (secondary N) is 1. The summed E-state index contributed by atoms with van der Waals surface area (Å²) in [5, 5.41) is 2.74. The highest BCUT2D eigenvalue weighted by Gasteiger charge is 2.12. The quantitative estimate of drug-likeness (QED) is 0.790. The molecule has 0 unspecified atom stereocenters. The number of amides is 1. The summed E-state index contributed by atoms with van der Waals surface area (Å²) in [6.07, 6.45) is 5.31. The molecule has 23 heavy (non-hydrogen) atoms. The highest BCUT2D eigenvalue weighted by atomic mass is 16.2. The zero-order chi connectivity index (χ0) is 16.2. The molecule has 3 aromatic rings. The molecule has 0 saturated carbocycles. The molecule has 0 aliphatic rings. The SMILES string of the molecule is Cc1ccc2ncc(C(=O)NCCc3ccccn3)c(=O)n2c1. The van der Waals surface area contributed by atoms with Crippen LogP contribution in [0.25, 0.3) is 5.65 Å². The highest BCUT2D eigenvalue weighted by molar-refractivity contribution is 5.93. The van der Waals surface area contributed by atoms with Crippen molar-refractivity contribution in [1.29, 1.82) is 0 Å². The number of nitrogens with zero attached hydrogens (tertiary/aromatic N) is 3. The number of carbonyl (C=O) groups excluding carboxylic acids is 1. The van der Waals surface area contributed by atoms with Crippen LogP contribution in [0.15, 0.2) is 53.7 Å². The van der Waals surface area contributed by atoms with Gasteiger partial charge in [0.25, 0.3) is 11.5 Å². The van der Waals surface area contributed by atoms with E-state index in [0.29, 0.717) is 18.6 Å². The Kier molecular flexibility index (Phi) is 4.14. The van der Waals surface area contributed by atoms with Crippen LogP contribution in [-0.2, 0) is 6.42 Å². The minimum atomic E-state index is -0.422. The van der Waals surface area contributed by atoms with Crippen LogP contribution in [0.4, 0.5) is 0 Å². The van der Waals surface area contributed by atoms with E-state index < -0.39 is 5.91 Å². The molecule has 0 bridgehead atoms. The van der Waals surface area contributed by atoms with E-state index in [-0.39, 0.29) is 11.1 Å². The fraction of sp³-hybridized carbons (Fsp3) is 0.176. The van der Waals surface area contributed by atoms with Crippen molar-refractivity contribution in [3.05, 3.63) is 76.1 Å². The maximum atomic E-state index is 12.4. The molecule has 0 aliphatic heterocycles. The van der Waals surface area contributed by atoms with Crippen molar-refractivity contribution < 1.29 is 4.79 Å². The predicted octanol–water partition coefficient (Wildman–Crippen LogP) is 1.37. The number of pyridine rings is 2.